The quantitative estimate of drug-likeness (QED) is 0.307. The number of rotatable bonds is 3. The van der Waals surface area contributed by atoms with Gasteiger partial charge in [-0.2, -0.15) is 0 Å². The minimum absolute atomic E-state index is 0.574. The molecule has 0 aliphatic carbocycles. The second-order valence-corrected chi connectivity index (χ2v) is 8.65. The second-order valence-electron chi connectivity index (χ2n) is 8.65. The van der Waals surface area contributed by atoms with Gasteiger partial charge in [0.05, 0.1) is 11.1 Å². The van der Waals surface area contributed by atoms with Gasteiger partial charge in [0.25, 0.3) is 0 Å². The predicted molar refractivity (Wildman–Crippen MR) is 128 cm³/mol. The van der Waals surface area contributed by atoms with Gasteiger partial charge in [0.1, 0.15) is 11.9 Å². The number of nitrogens with zero attached hydrogens (tertiary/aromatic N) is 2. The van der Waals surface area contributed by atoms with E-state index in [4.69, 9.17) is 9.40 Å². The number of hydrogen-bond donors (Lipinski definition) is 0. The van der Waals surface area contributed by atoms with Gasteiger partial charge < -0.3 is 4.42 Å². The fourth-order valence-electron chi connectivity index (χ4n) is 4.65. The van der Waals surface area contributed by atoms with Crippen molar-refractivity contribution in [2.45, 2.75) is 20.3 Å². The Hall–Kier alpha value is -3.72. The van der Waals surface area contributed by atoms with Crippen LogP contribution in [0.2, 0.25) is 0 Å². The summed E-state index contributed by atoms with van der Waals surface area (Å²) in [4.78, 5) is 9.19. The molecule has 0 spiro atoms. The van der Waals surface area contributed by atoms with Crippen molar-refractivity contribution in [2.75, 3.05) is 0 Å². The Morgan fingerprint density at radius 1 is 0.774 bits per heavy atom. The van der Waals surface area contributed by atoms with Crippen LogP contribution in [0.15, 0.2) is 83.5 Å². The van der Waals surface area contributed by atoms with Gasteiger partial charge in [-0.3, -0.25) is 0 Å². The highest BCUT2D eigenvalue weighted by Gasteiger charge is 2.17. The monoisotopic (exact) mass is 402 g/mol. The summed E-state index contributed by atoms with van der Waals surface area (Å²) < 4.78 is 6.15. The molecule has 2 aromatic heterocycles. The lowest BCUT2D eigenvalue weighted by Crippen LogP contribution is -1.97. The first-order chi connectivity index (χ1) is 15.2. The third-order valence-electron chi connectivity index (χ3n) is 5.99. The van der Waals surface area contributed by atoms with Gasteiger partial charge in [-0.25, -0.2) is 9.97 Å². The summed E-state index contributed by atoms with van der Waals surface area (Å²) >= 11 is 0. The van der Waals surface area contributed by atoms with Crippen LogP contribution < -0.4 is 0 Å². The van der Waals surface area contributed by atoms with Gasteiger partial charge in [-0.1, -0.05) is 62.4 Å². The van der Waals surface area contributed by atoms with E-state index in [0.29, 0.717) is 11.6 Å². The summed E-state index contributed by atoms with van der Waals surface area (Å²) in [6.45, 7) is 4.53. The van der Waals surface area contributed by atoms with Crippen molar-refractivity contribution < 1.29 is 4.42 Å². The standard InChI is InChI=1S/C28H22N2O/c1-17(2)11-21-13-22(12-20-9-5-6-10-23(20)21)27-26-24-14-18-7-3-4-8-19(18)15-25(24)31-28(26)30-16-29-27/h3-10,12-17H,11H2,1-2H3. The zero-order chi connectivity index (χ0) is 20.9. The normalized spacial score (nSPS) is 12.0. The Morgan fingerprint density at radius 2 is 1.52 bits per heavy atom. The molecule has 0 aliphatic rings. The number of furan rings is 1. The van der Waals surface area contributed by atoms with Gasteiger partial charge >= 0.3 is 0 Å². The van der Waals surface area contributed by atoms with Gasteiger partial charge in [-0.15, -0.1) is 0 Å². The van der Waals surface area contributed by atoms with Crippen LogP contribution in [0.3, 0.4) is 0 Å². The maximum absolute atomic E-state index is 6.15. The molecule has 6 aromatic rings. The first-order valence-corrected chi connectivity index (χ1v) is 10.8. The first kappa shape index (κ1) is 18.1. The summed E-state index contributed by atoms with van der Waals surface area (Å²) in [7, 11) is 0. The Morgan fingerprint density at radius 3 is 2.32 bits per heavy atom. The maximum Gasteiger partial charge on any atom is 0.230 e. The molecule has 2 heterocycles. The zero-order valence-electron chi connectivity index (χ0n) is 17.6. The molecule has 150 valence electrons. The first-order valence-electron chi connectivity index (χ1n) is 10.8. The SMILES string of the molecule is CC(C)Cc1cc(-c2ncnc3oc4cc5ccccc5cc4c23)cc2ccccc12. The molecule has 0 bridgehead atoms. The van der Waals surface area contributed by atoms with Crippen molar-refractivity contribution in [3.8, 4) is 11.3 Å². The van der Waals surface area contributed by atoms with Crippen molar-refractivity contribution in [1.82, 2.24) is 9.97 Å². The summed E-state index contributed by atoms with van der Waals surface area (Å²) in [6, 6.07) is 25.8. The summed E-state index contributed by atoms with van der Waals surface area (Å²) in [6.07, 6.45) is 2.64. The molecule has 0 fully saturated rings. The summed E-state index contributed by atoms with van der Waals surface area (Å²) in [5, 5.41) is 6.94. The van der Waals surface area contributed by atoms with E-state index >= 15 is 0 Å². The predicted octanol–water partition coefficient (Wildman–Crippen LogP) is 7.55. The Kier molecular flexibility index (Phi) is 4.03. The highest BCUT2D eigenvalue weighted by molar-refractivity contribution is 6.14. The summed E-state index contributed by atoms with van der Waals surface area (Å²) in [5.41, 5.74) is 4.87. The van der Waals surface area contributed by atoms with Crippen LogP contribution in [0.25, 0.3) is 54.9 Å². The highest BCUT2D eigenvalue weighted by Crippen LogP contribution is 2.38. The molecule has 0 saturated heterocycles. The minimum Gasteiger partial charge on any atom is -0.438 e. The molecule has 0 amide bonds. The third kappa shape index (κ3) is 2.97. The lowest BCUT2D eigenvalue weighted by molar-refractivity contribution is 0.650. The van der Waals surface area contributed by atoms with Crippen LogP contribution >= 0.6 is 0 Å². The molecule has 3 heteroatoms. The number of aromatic nitrogens is 2. The fraction of sp³-hybridized carbons (Fsp3) is 0.143. The van der Waals surface area contributed by atoms with E-state index in [2.05, 4.69) is 85.6 Å². The lowest BCUT2D eigenvalue weighted by atomic mass is 9.93. The number of hydrogen-bond acceptors (Lipinski definition) is 3. The number of fused-ring (bicyclic) bond motifs is 5. The fourth-order valence-corrected chi connectivity index (χ4v) is 4.65. The lowest BCUT2D eigenvalue weighted by Gasteiger charge is -2.12. The van der Waals surface area contributed by atoms with Crippen molar-refractivity contribution in [1.29, 1.82) is 0 Å². The molecule has 0 unspecified atom stereocenters. The molecule has 3 nitrogen and oxygen atoms in total. The Bertz CT molecular complexity index is 1590. The minimum atomic E-state index is 0.574. The van der Waals surface area contributed by atoms with E-state index in [1.807, 2.05) is 6.07 Å². The van der Waals surface area contributed by atoms with E-state index in [0.717, 1.165) is 39.4 Å². The van der Waals surface area contributed by atoms with Crippen molar-refractivity contribution in [2.24, 2.45) is 5.92 Å². The van der Waals surface area contributed by atoms with Crippen LogP contribution in [0, 0.1) is 5.92 Å². The molecule has 0 N–H and O–H groups in total. The van der Waals surface area contributed by atoms with Crippen LogP contribution in [0.5, 0.6) is 0 Å². The van der Waals surface area contributed by atoms with Crippen LogP contribution in [-0.2, 0) is 6.42 Å². The van der Waals surface area contributed by atoms with Crippen LogP contribution in [-0.4, -0.2) is 9.97 Å². The zero-order valence-corrected chi connectivity index (χ0v) is 17.6. The van der Waals surface area contributed by atoms with E-state index in [1.165, 1.54) is 21.7 Å². The maximum atomic E-state index is 6.15. The second kappa shape index (κ2) is 6.92. The molecule has 31 heavy (non-hydrogen) atoms. The average Bonchev–Trinajstić information content (AvgIpc) is 3.14. The summed E-state index contributed by atoms with van der Waals surface area (Å²) in [5.74, 6) is 0.574. The van der Waals surface area contributed by atoms with E-state index in [-0.39, 0.29) is 0 Å². The Balaban J connectivity index is 1.67. The smallest absolute Gasteiger partial charge is 0.230 e. The third-order valence-corrected chi connectivity index (χ3v) is 5.99. The van der Waals surface area contributed by atoms with Gasteiger partial charge in [-0.05, 0) is 63.7 Å². The van der Waals surface area contributed by atoms with Gasteiger partial charge in [0, 0.05) is 10.9 Å². The number of benzene rings is 4. The highest BCUT2D eigenvalue weighted by atomic mass is 16.3. The van der Waals surface area contributed by atoms with Gasteiger partial charge in [0.15, 0.2) is 0 Å². The molecule has 0 radical (unpaired) electrons. The average molecular weight is 402 g/mol. The largest absolute Gasteiger partial charge is 0.438 e. The van der Waals surface area contributed by atoms with Crippen molar-refractivity contribution in [3.63, 3.8) is 0 Å². The van der Waals surface area contributed by atoms with Crippen LogP contribution in [0.1, 0.15) is 19.4 Å². The topological polar surface area (TPSA) is 38.9 Å². The van der Waals surface area contributed by atoms with Crippen molar-refractivity contribution in [3.05, 3.63) is 84.7 Å². The molecule has 0 saturated carbocycles. The van der Waals surface area contributed by atoms with E-state index < -0.39 is 0 Å². The van der Waals surface area contributed by atoms with Gasteiger partial charge in [0.2, 0.25) is 5.71 Å². The van der Waals surface area contributed by atoms with E-state index in [1.54, 1.807) is 6.33 Å². The Labute approximate surface area is 180 Å². The molecular weight excluding hydrogens is 380 g/mol. The molecule has 0 atom stereocenters. The van der Waals surface area contributed by atoms with Crippen LogP contribution in [0.4, 0.5) is 0 Å². The molecular formula is C28H22N2O. The molecule has 0 aliphatic heterocycles. The van der Waals surface area contributed by atoms with Crippen molar-refractivity contribution >= 4 is 43.6 Å². The molecule has 4 aromatic carbocycles. The van der Waals surface area contributed by atoms with E-state index in [9.17, 15) is 0 Å². The molecule has 6 rings (SSSR count).